The average Bonchev–Trinajstić information content (AvgIpc) is 3.40. The minimum atomic E-state index is 0.241. The molecule has 0 spiro atoms. The molecule has 0 unspecified atom stereocenters. The molecule has 0 atom stereocenters. The van der Waals surface area contributed by atoms with Gasteiger partial charge in [0, 0.05) is 24.8 Å². The van der Waals surface area contributed by atoms with Crippen molar-refractivity contribution in [3.8, 4) is 17.1 Å². The van der Waals surface area contributed by atoms with Crippen molar-refractivity contribution >= 4 is 0 Å². The van der Waals surface area contributed by atoms with Crippen molar-refractivity contribution in [3.63, 3.8) is 0 Å². The van der Waals surface area contributed by atoms with Crippen LogP contribution in [0, 0.1) is 6.92 Å². The fourth-order valence-electron chi connectivity index (χ4n) is 3.38. The molecule has 0 radical (unpaired) electrons. The summed E-state index contributed by atoms with van der Waals surface area (Å²) in [6, 6.07) is 22.6. The first-order valence-electron chi connectivity index (χ1n) is 10.7. The van der Waals surface area contributed by atoms with E-state index in [1.165, 1.54) is 11.1 Å². The summed E-state index contributed by atoms with van der Waals surface area (Å²) in [5.41, 5.74) is 5.42. The summed E-state index contributed by atoms with van der Waals surface area (Å²) >= 11 is 0. The molecule has 31 heavy (non-hydrogen) atoms. The number of ether oxygens (including phenoxy) is 1. The number of nitrogens with zero attached hydrogens (tertiary/aromatic N) is 2. The van der Waals surface area contributed by atoms with Crippen molar-refractivity contribution in [1.29, 1.82) is 0 Å². The van der Waals surface area contributed by atoms with E-state index in [1.54, 1.807) is 0 Å². The molecule has 0 saturated carbocycles. The molecule has 1 N–H and O–H groups in total. The third-order valence-corrected chi connectivity index (χ3v) is 5.04. The molecule has 5 nitrogen and oxygen atoms in total. The van der Waals surface area contributed by atoms with Gasteiger partial charge < -0.3 is 14.5 Å². The lowest BCUT2D eigenvalue weighted by Gasteiger charge is -2.09. The number of rotatable bonds is 9. The van der Waals surface area contributed by atoms with Gasteiger partial charge in [-0.1, -0.05) is 42.5 Å². The summed E-state index contributed by atoms with van der Waals surface area (Å²) in [5.74, 6) is 1.67. The summed E-state index contributed by atoms with van der Waals surface area (Å²) < 4.78 is 13.4. The maximum atomic E-state index is 5.86. The van der Waals surface area contributed by atoms with Crippen LogP contribution in [0.1, 0.15) is 36.3 Å². The number of benzene rings is 2. The number of aryl methyl sites for hydroxylation is 1. The second-order valence-electron chi connectivity index (χ2n) is 7.97. The maximum Gasteiger partial charge on any atom is 0.154 e. The highest BCUT2D eigenvalue weighted by Gasteiger charge is 2.15. The zero-order valence-corrected chi connectivity index (χ0v) is 18.3. The van der Waals surface area contributed by atoms with E-state index in [9.17, 15) is 0 Å². The minimum absolute atomic E-state index is 0.241. The fraction of sp³-hybridized carbons (Fsp3) is 0.269. The normalized spacial score (nSPS) is 11.4. The van der Waals surface area contributed by atoms with Crippen LogP contribution < -0.4 is 5.32 Å². The van der Waals surface area contributed by atoms with Gasteiger partial charge in [0.05, 0.1) is 18.4 Å². The first-order valence-corrected chi connectivity index (χ1v) is 10.7. The number of aromatic nitrogens is 2. The van der Waals surface area contributed by atoms with Gasteiger partial charge in [-0.15, -0.1) is 0 Å². The Morgan fingerprint density at radius 3 is 2.35 bits per heavy atom. The lowest BCUT2D eigenvalue weighted by Crippen LogP contribution is -2.13. The van der Waals surface area contributed by atoms with Crippen molar-refractivity contribution in [2.75, 3.05) is 0 Å². The molecule has 0 aliphatic carbocycles. The number of furan rings is 1. The van der Waals surface area contributed by atoms with E-state index in [1.807, 2.05) is 54.1 Å². The first-order chi connectivity index (χ1) is 15.1. The number of para-hydroxylation sites is 1. The summed E-state index contributed by atoms with van der Waals surface area (Å²) in [7, 11) is 0. The lowest BCUT2D eigenvalue weighted by molar-refractivity contribution is 0.0657. The summed E-state index contributed by atoms with van der Waals surface area (Å²) in [5, 5.41) is 8.35. The zero-order valence-electron chi connectivity index (χ0n) is 18.3. The Morgan fingerprint density at radius 2 is 1.68 bits per heavy atom. The van der Waals surface area contributed by atoms with E-state index >= 15 is 0 Å². The Hall–Kier alpha value is -3.15. The van der Waals surface area contributed by atoms with Crippen LogP contribution >= 0.6 is 0 Å². The molecule has 0 bridgehead atoms. The Bertz CT molecular complexity index is 1100. The number of hydrogen-bond donors (Lipinski definition) is 1. The van der Waals surface area contributed by atoms with Gasteiger partial charge in [0.25, 0.3) is 0 Å². The highest BCUT2D eigenvalue weighted by Crippen LogP contribution is 2.25. The smallest absolute Gasteiger partial charge is 0.154 e. The SMILES string of the molecule is Cc1ccc(-c2nn(-c3ccccc3)cc2CNCc2ccc(COC(C)C)cc2)o1. The lowest BCUT2D eigenvalue weighted by atomic mass is 10.1. The second-order valence-corrected chi connectivity index (χ2v) is 7.97. The average molecular weight is 416 g/mol. The summed E-state index contributed by atoms with van der Waals surface area (Å²) in [6.07, 6.45) is 2.31. The van der Waals surface area contributed by atoms with Gasteiger partial charge in [0.2, 0.25) is 0 Å². The van der Waals surface area contributed by atoms with Crippen molar-refractivity contribution < 1.29 is 9.15 Å². The van der Waals surface area contributed by atoms with Gasteiger partial charge in [0.15, 0.2) is 5.76 Å². The highest BCUT2D eigenvalue weighted by atomic mass is 16.5. The fourth-order valence-corrected chi connectivity index (χ4v) is 3.38. The molecule has 4 rings (SSSR count). The monoisotopic (exact) mass is 415 g/mol. The standard InChI is InChI=1S/C26H29N3O2/c1-19(2)30-18-22-12-10-21(11-13-22)15-27-16-23-17-29(24-7-5-4-6-8-24)28-26(23)25-14-9-20(3)31-25/h4-14,17,19,27H,15-16,18H2,1-3H3. The van der Waals surface area contributed by atoms with Crippen molar-refractivity contribution in [3.05, 3.63) is 95.4 Å². The third-order valence-electron chi connectivity index (χ3n) is 5.04. The predicted molar refractivity (Wildman–Crippen MR) is 123 cm³/mol. The molecule has 2 aromatic carbocycles. The van der Waals surface area contributed by atoms with E-state index in [0.717, 1.165) is 35.0 Å². The largest absolute Gasteiger partial charge is 0.460 e. The molecule has 160 valence electrons. The summed E-state index contributed by atoms with van der Waals surface area (Å²) in [6.45, 7) is 8.17. The molecule has 0 aliphatic rings. The quantitative estimate of drug-likeness (QED) is 0.383. The zero-order chi connectivity index (χ0) is 21.6. The van der Waals surface area contributed by atoms with Crippen LogP contribution in [0.2, 0.25) is 0 Å². The van der Waals surface area contributed by atoms with Crippen LogP contribution in [0.15, 0.2) is 77.3 Å². The van der Waals surface area contributed by atoms with E-state index in [-0.39, 0.29) is 6.10 Å². The highest BCUT2D eigenvalue weighted by molar-refractivity contribution is 5.57. The molecule has 0 saturated heterocycles. The Kier molecular flexibility index (Phi) is 6.65. The topological polar surface area (TPSA) is 52.2 Å². The van der Waals surface area contributed by atoms with Gasteiger partial charge >= 0.3 is 0 Å². The molecule has 0 fully saturated rings. The van der Waals surface area contributed by atoms with Crippen LogP contribution in [0.5, 0.6) is 0 Å². The van der Waals surface area contributed by atoms with Crippen LogP contribution in [0.25, 0.3) is 17.1 Å². The molecular weight excluding hydrogens is 386 g/mol. The molecule has 5 heteroatoms. The van der Waals surface area contributed by atoms with Crippen molar-refractivity contribution in [2.45, 2.75) is 46.6 Å². The van der Waals surface area contributed by atoms with Crippen LogP contribution in [-0.2, 0) is 24.4 Å². The first kappa shape index (κ1) is 21.1. The van der Waals surface area contributed by atoms with Crippen molar-refractivity contribution in [1.82, 2.24) is 15.1 Å². The Balaban J connectivity index is 1.45. The van der Waals surface area contributed by atoms with Crippen LogP contribution in [0.3, 0.4) is 0 Å². The van der Waals surface area contributed by atoms with E-state index in [2.05, 4.69) is 49.6 Å². The van der Waals surface area contributed by atoms with Crippen LogP contribution in [0.4, 0.5) is 0 Å². The molecular formula is C26H29N3O2. The number of nitrogens with one attached hydrogen (secondary N) is 1. The van der Waals surface area contributed by atoms with Gasteiger partial charge in [-0.2, -0.15) is 5.10 Å². The van der Waals surface area contributed by atoms with Crippen molar-refractivity contribution in [2.24, 2.45) is 0 Å². The van der Waals surface area contributed by atoms with E-state index < -0.39 is 0 Å². The third kappa shape index (κ3) is 5.51. The van der Waals surface area contributed by atoms with Gasteiger partial charge in [-0.25, -0.2) is 4.68 Å². The minimum Gasteiger partial charge on any atom is -0.460 e. The predicted octanol–water partition coefficient (Wildman–Crippen LogP) is 5.66. The van der Waals surface area contributed by atoms with E-state index in [4.69, 9.17) is 14.3 Å². The second kappa shape index (κ2) is 9.77. The number of hydrogen-bond acceptors (Lipinski definition) is 4. The van der Waals surface area contributed by atoms with Gasteiger partial charge in [-0.3, -0.25) is 0 Å². The van der Waals surface area contributed by atoms with E-state index in [0.29, 0.717) is 13.2 Å². The molecule has 2 heterocycles. The molecule has 0 aliphatic heterocycles. The Morgan fingerprint density at radius 1 is 0.935 bits per heavy atom. The maximum absolute atomic E-state index is 5.86. The van der Waals surface area contributed by atoms with Crippen LogP contribution in [-0.4, -0.2) is 15.9 Å². The molecule has 4 aromatic rings. The Labute approximate surface area is 183 Å². The molecule has 0 amide bonds. The molecule has 2 aromatic heterocycles. The summed E-state index contributed by atoms with van der Waals surface area (Å²) in [4.78, 5) is 0. The van der Waals surface area contributed by atoms with Gasteiger partial charge in [-0.05, 0) is 56.2 Å². The van der Waals surface area contributed by atoms with Gasteiger partial charge in [0.1, 0.15) is 11.5 Å².